The van der Waals surface area contributed by atoms with Crippen LogP contribution in [0.15, 0.2) is 27.3 Å². The van der Waals surface area contributed by atoms with Crippen molar-refractivity contribution in [2.75, 3.05) is 7.05 Å². The van der Waals surface area contributed by atoms with Gasteiger partial charge in [-0.05, 0) is 55.3 Å². The fourth-order valence-corrected chi connectivity index (χ4v) is 3.26. The van der Waals surface area contributed by atoms with Crippen molar-refractivity contribution in [3.63, 3.8) is 0 Å². The van der Waals surface area contributed by atoms with Gasteiger partial charge >= 0.3 is 0 Å². The lowest BCUT2D eigenvalue weighted by Gasteiger charge is -2.20. The number of thiophene rings is 1. The van der Waals surface area contributed by atoms with Crippen molar-refractivity contribution in [1.82, 2.24) is 10.2 Å². The average molecular weight is 290 g/mol. The van der Waals surface area contributed by atoms with Gasteiger partial charge in [-0.15, -0.1) is 0 Å². The van der Waals surface area contributed by atoms with Gasteiger partial charge in [0, 0.05) is 24.7 Å². The summed E-state index contributed by atoms with van der Waals surface area (Å²) in [5, 5.41) is 7.59. The number of rotatable bonds is 7. The van der Waals surface area contributed by atoms with Crippen molar-refractivity contribution in [2.24, 2.45) is 0 Å². The molecule has 2 aromatic rings. The van der Waals surface area contributed by atoms with Gasteiger partial charge < -0.3 is 9.73 Å². The van der Waals surface area contributed by atoms with Crippen molar-refractivity contribution in [3.05, 3.63) is 45.5 Å². The lowest BCUT2D eigenvalue weighted by molar-refractivity contribution is 0.224. The fraction of sp³-hybridized carbons (Fsp3) is 0.500. The molecule has 1 aliphatic rings. The minimum Gasteiger partial charge on any atom is -0.465 e. The second-order valence-corrected chi connectivity index (χ2v) is 6.37. The first-order chi connectivity index (χ1) is 9.76. The quantitative estimate of drug-likeness (QED) is 0.845. The van der Waals surface area contributed by atoms with Crippen LogP contribution in [0, 0.1) is 6.92 Å². The summed E-state index contributed by atoms with van der Waals surface area (Å²) in [5.74, 6) is 2.13. The van der Waals surface area contributed by atoms with E-state index in [0.29, 0.717) is 0 Å². The molecule has 3 rings (SSSR count). The number of nitrogens with one attached hydrogen (secondary N) is 1. The maximum atomic E-state index is 5.92. The highest BCUT2D eigenvalue weighted by Gasteiger charge is 2.29. The van der Waals surface area contributed by atoms with Crippen molar-refractivity contribution in [3.8, 4) is 0 Å². The first kappa shape index (κ1) is 13.9. The zero-order valence-electron chi connectivity index (χ0n) is 12.2. The third-order valence-corrected chi connectivity index (χ3v) is 4.56. The molecule has 1 fully saturated rings. The predicted octanol–water partition coefficient (Wildman–Crippen LogP) is 3.53. The molecule has 20 heavy (non-hydrogen) atoms. The molecular weight excluding hydrogens is 268 g/mol. The Morgan fingerprint density at radius 3 is 2.90 bits per heavy atom. The highest BCUT2D eigenvalue weighted by atomic mass is 32.1. The van der Waals surface area contributed by atoms with Crippen LogP contribution in [0.2, 0.25) is 0 Å². The summed E-state index contributed by atoms with van der Waals surface area (Å²) in [7, 11) is 1.97. The van der Waals surface area contributed by atoms with Gasteiger partial charge in [0.05, 0.1) is 6.54 Å². The molecule has 0 spiro atoms. The van der Waals surface area contributed by atoms with E-state index in [2.05, 4.69) is 40.0 Å². The minimum absolute atomic E-state index is 0.744. The van der Waals surface area contributed by atoms with Crippen LogP contribution in [0.4, 0.5) is 0 Å². The number of furan rings is 1. The Kier molecular flexibility index (Phi) is 4.24. The second-order valence-electron chi connectivity index (χ2n) is 5.59. The molecule has 0 amide bonds. The SMILES string of the molecule is CNCc1cc(CN(Cc2ccsc2)C2CC2)oc1C. The third kappa shape index (κ3) is 3.32. The van der Waals surface area contributed by atoms with Gasteiger partial charge in [-0.2, -0.15) is 11.3 Å². The summed E-state index contributed by atoms with van der Waals surface area (Å²) in [6, 6.07) is 5.17. The molecule has 0 unspecified atom stereocenters. The van der Waals surface area contributed by atoms with Crippen LogP contribution in [0.1, 0.15) is 35.5 Å². The first-order valence-corrected chi connectivity index (χ1v) is 8.18. The van der Waals surface area contributed by atoms with E-state index in [0.717, 1.165) is 37.2 Å². The number of hydrogen-bond donors (Lipinski definition) is 1. The van der Waals surface area contributed by atoms with Crippen LogP contribution in [-0.4, -0.2) is 18.0 Å². The molecule has 0 bridgehead atoms. The van der Waals surface area contributed by atoms with E-state index in [1.54, 1.807) is 11.3 Å². The molecule has 2 aromatic heterocycles. The van der Waals surface area contributed by atoms with E-state index in [4.69, 9.17) is 4.42 Å². The van der Waals surface area contributed by atoms with Crippen molar-refractivity contribution >= 4 is 11.3 Å². The molecule has 1 N–H and O–H groups in total. The average Bonchev–Trinajstić information content (AvgIpc) is 3.05. The Bertz CT molecular complexity index is 543. The van der Waals surface area contributed by atoms with Gasteiger partial charge in [-0.1, -0.05) is 0 Å². The molecule has 2 heterocycles. The van der Waals surface area contributed by atoms with Gasteiger partial charge in [0.25, 0.3) is 0 Å². The molecule has 0 aromatic carbocycles. The van der Waals surface area contributed by atoms with E-state index >= 15 is 0 Å². The Morgan fingerprint density at radius 1 is 1.40 bits per heavy atom. The van der Waals surface area contributed by atoms with Crippen molar-refractivity contribution < 1.29 is 4.42 Å². The van der Waals surface area contributed by atoms with Crippen LogP contribution in [0.3, 0.4) is 0 Å². The van der Waals surface area contributed by atoms with E-state index in [-0.39, 0.29) is 0 Å². The molecule has 0 atom stereocenters. The maximum absolute atomic E-state index is 5.92. The smallest absolute Gasteiger partial charge is 0.118 e. The zero-order chi connectivity index (χ0) is 13.9. The maximum Gasteiger partial charge on any atom is 0.118 e. The molecular formula is C16H22N2OS. The van der Waals surface area contributed by atoms with Gasteiger partial charge in [0.1, 0.15) is 11.5 Å². The van der Waals surface area contributed by atoms with Crippen molar-refractivity contribution in [1.29, 1.82) is 0 Å². The van der Waals surface area contributed by atoms with Gasteiger partial charge in [-0.25, -0.2) is 0 Å². The summed E-state index contributed by atoms with van der Waals surface area (Å²) >= 11 is 1.77. The Labute approximate surface area is 124 Å². The monoisotopic (exact) mass is 290 g/mol. The van der Waals surface area contributed by atoms with E-state index in [9.17, 15) is 0 Å². The molecule has 0 radical (unpaired) electrons. The fourth-order valence-electron chi connectivity index (χ4n) is 2.60. The Morgan fingerprint density at radius 2 is 2.25 bits per heavy atom. The molecule has 3 nitrogen and oxygen atoms in total. The summed E-state index contributed by atoms with van der Waals surface area (Å²) < 4.78 is 5.92. The Balaban J connectivity index is 1.68. The Hall–Kier alpha value is -1.10. The summed E-state index contributed by atoms with van der Waals surface area (Å²) in [4.78, 5) is 2.55. The van der Waals surface area contributed by atoms with E-state index < -0.39 is 0 Å². The molecule has 0 aliphatic heterocycles. The van der Waals surface area contributed by atoms with Crippen LogP contribution < -0.4 is 5.32 Å². The highest BCUT2D eigenvalue weighted by molar-refractivity contribution is 7.07. The van der Waals surface area contributed by atoms with E-state index in [1.165, 1.54) is 24.0 Å². The van der Waals surface area contributed by atoms with Gasteiger partial charge in [0.2, 0.25) is 0 Å². The number of nitrogens with zero attached hydrogens (tertiary/aromatic N) is 1. The summed E-state index contributed by atoms with van der Waals surface area (Å²) in [5.41, 5.74) is 2.69. The predicted molar refractivity (Wildman–Crippen MR) is 82.8 cm³/mol. The first-order valence-electron chi connectivity index (χ1n) is 7.24. The van der Waals surface area contributed by atoms with Crippen LogP contribution in [0.25, 0.3) is 0 Å². The molecule has 0 saturated heterocycles. The second kappa shape index (κ2) is 6.12. The molecule has 1 aliphatic carbocycles. The third-order valence-electron chi connectivity index (χ3n) is 3.83. The molecule has 1 saturated carbocycles. The van der Waals surface area contributed by atoms with Crippen LogP contribution >= 0.6 is 11.3 Å². The van der Waals surface area contributed by atoms with Crippen LogP contribution in [-0.2, 0) is 19.6 Å². The minimum atomic E-state index is 0.744. The number of aryl methyl sites for hydroxylation is 1. The van der Waals surface area contributed by atoms with Crippen LogP contribution in [0.5, 0.6) is 0 Å². The zero-order valence-corrected chi connectivity index (χ0v) is 13.0. The molecule has 4 heteroatoms. The van der Waals surface area contributed by atoms with Crippen molar-refractivity contribution in [2.45, 2.75) is 45.4 Å². The normalized spacial score (nSPS) is 15.2. The van der Waals surface area contributed by atoms with Gasteiger partial charge in [0.15, 0.2) is 0 Å². The lowest BCUT2D eigenvalue weighted by Crippen LogP contribution is -2.24. The van der Waals surface area contributed by atoms with Gasteiger partial charge in [-0.3, -0.25) is 4.90 Å². The summed E-state index contributed by atoms with van der Waals surface area (Å²) in [6.45, 7) is 4.89. The summed E-state index contributed by atoms with van der Waals surface area (Å²) in [6.07, 6.45) is 2.65. The molecule has 108 valence electrons. The highest BCUT2D eigenvalue weighted by Crippen LogP contribution is 2.30. The number of hydrogen-bond acceptors (Lipinski definition) is 4. The largest absolute Gasteiger partial charge is 0.465 e. The standard InChI is InChI=1S/C16H22N2OS/c1-12-14(8-17-2)7-16(19-12)10-18(15-3-4-15)9-13-5-6-20-11-13/h5-7,11,15,17H,3-4,8-10H2,1-2H3. The lowest BCUT2D eigenvalue weighted by atomic mass is 10.2. The topological polar surface area (TPSA) is 28.4 Å². The van der Waals surface area contributed by atoms with E-state index in [1.807, 2.05) is 7.05 Å².